The van der Waals surface area contributed by atoms with Crippen LogP contribution in [0.25, 0.3) is 6.08 Å². The number of halogens is 1. The number of anilines is 2. The molecule has 2 aliphatic heterocycles. The van der Waals surface area contributed by atoms with Crippen LogP contribution in [0.5, 0.6) is 0 Å². The van der Waals surface area contributed by atoms with Gasteiger partial charge < -0.3 is 10.2 Å². The van der Waals surface area contributed by atoms with Gasteiger partial charge in [-0.1, -0.05) is 36.2 Å². The Morgan fingerprint density at radius 2 is 1.91 bits per heavy atom. The van der Waals surface area contributed by atoms with Crippen LogP contribution in [0.2, 0.25) is 5.02 Å². The molecule has 0 spiro atoms. The van der Waals surface area contributed by atoms with Crippen molar-refractivity contribution in [2.45, 2.75) is 45.6 Å². The van der Waals surface area contributed by atoms with Crippen LogP contribution in [0.15, 0.2) is 41.3 Å². The standard InChI is InChI=1S/C26H28ClN3O3S/c1-15-6-8-18(9-7-15)28-23(31)14-30-24(32)22(34-25(30)33)11-17-10-19-16(2)13-26(3,4)29(5)21(19)12-20(17)27/h6-12,16H,13-14H2,1-5H3,(H,28,31)/b22-11-/t16-/m1/s1. The molecular weight excluding hydrogens is 470 g/mol. The Morgan fingerprint density at radius 3 is 2.59 bits per heavy atom. The Bertz CT molecular complexity index is 1210. The van der Waals surface area contributed by atoms with Gasteiger partial charge in [0.1, 0.15) is 6.54 Å². The summed E-state index contributed by atoms with van der Waals surface area (Å²) in [5, 5.41) is 2.76. The lowest BCUT2D eigenvalue weighted by atomic mass is 9.80. The molecule has 0 radical (unpaired) electrons. The fourth-order valence-electron chi connectivity index (χ4n) is 4.47. The van der Waals surface area contributed by atoms with Crippen LogP contribution < -0.4 is 10.2 Å². The number of aryl methyl sites for hydroxylation is 1. The number of benzene rings is 2. The van der Waals surface area contributed by atoms with E-state index in [4.69, 9.17) is 11.6 Å². The van der Waals surface area contributed by atoms with Gasteiger partial charge in [0.2, 0.25) is 5.91 Å². The van der Waals surface area contributed by atoms with E-state index in [1.54, 1.807) is 18.2 Å². The van der Waals surface area contributed by atoms with Crippen LogP contribution in [0.4, 0.5) is 16.2 Å². The van der Waals surface area contributed by atoms with Crippen molar-refractivity contribution >= 4 is 57.9 Å². The maximum absolute atomic E-state index is 12.9. The Labute approximate surface area is 209 Å². The first-order valence-corrected chi connectivity index (χ1v) is 12.3. The smallest absolute Gasteiger partial charge is 0.294 e. The lowest BCUT2D eigenvalue weighted by molar-refractivity contribution is -0.127. The highest BCUT2D eigenvalue weighted by molar-refractivity contribution is 8.18. The highest BCUT2D eigenvalue weighted by Gasteiger charge is 2.37. The average molecular weight is 498 g/mol. The number of thioether (sulfide) groups is 1. The number of hydrogen-bond acceptors (Lipinski definition) is 5. The zero-order valence-electron chi connectivity index (χ0n) is 19.9. The Hall–Kier alpha value is -2.77. The van der Waals surface area contributed by atoms with E-state index in [-0.39, 0.29) is 17.0 Å². The predicted molar refractivity (Wildman–Crippen MR) is 139 cm³/mol. The van der Waals surface area contributed by atoms with Gasteiger partial charge in [0.15, 0.2) is 0 Å². The van der Waals surface area contributed by atoms with E-state index < -0.39 is 17.1 Å². The SMILES string of the molecule is Cc1ccc(NC(=O)CN2C(=O)S/C(=C\c3cc4c(cc3Cl)N(C)C(C)(C)C[C@H]4C)C2=O)cc1. The van der Waals surface area contributed by atoms with Gasteiger partial charge >= 0.3 is 0 Å². The Kier molecular flexibility index (Phi) is 6.53. The molecule has 1 fully saturated rings. The number of hydrogen-bond donors (Lipinski definition) is 1. The van der Waals surface area contributed by atoms with E-state index in [1.165, 1.54) is 0 Å². The molecular formula is C26H28ClN3O3S. The molecule has 1 saturated heterocycles. The van der Waals surface area contributed by atoms with Crippen LogP contribution in [0, 0.1) is 6.92 Å². The molecule has 1 atom stereocenters. The summed E-state index contributed by atoms with van der Waals surface area (Å²) in [6, 6.07) is 11.2. The summed E-state index contributed by atoms with van der Waals surface area (Å²) in [6.07, 6.45) is 2.64. The summed E-state index contributed by atoms with van der Waals surface area (Å²) in [4.78, 5) is 41.3. The third kappa shape index (κ3) is 4.72. The highest BCUT2D eigenvalue weighted by atomic mass is 35.5. The molecule has 34 heavy (non-hydrogen) atoms. The molecule has 0 aliphatic carbocycles. The number of imide groups is 1. The van der Waals surface area contributed by atoms with E-state index in [0.29, 0.717) is 22.2 Å². The van der Waals surface area contributed by atoms with Gasteiger partial charge in [0, 0.05) is 29.0 Å². The van der Waals surface area contributed by atoms with Gasteiger partial charge in [-0.05, 0) is 86.3 Å². The molecule has 2 aromatic carbocycles. The number of carbonyl (C=O) groups is 3. The minimum Gasteiger partial charge on any atom is -0.369 e. The van der Waals surface area contributed by atoms with E-state index >= 15 is 0 Å². The molecule has 8 heteroatoms. The van der Waals surface area contributed by atoms with Crippen molar-refractivity contribution in [1.82, 2.24) is 4.90 Å². The molecule has 2 aliphatic rings. The summed E-state index contributed by atoms with van der Waals surface area (Å²) in [7, 11) is 2.06. The minimum absolute atomic E-state index is 0.0130. The van der Waals surface area contributed by atoms with Crippen molar-refractivity contribution in [3.05, 3.63) is 63.0 Å². The first kappa shape index (κ1) is 24.4. The van der Waals surface area contributed by atoms with Gasteiger partial charge in [-0.25, -0.2) is 0 Å². The maximum atomic E-state index is 12.9. The van der Waals surface area contributed by atoms with Gasteiger partial charge in [-0.2, -0.15) is 0 Å². The predicted octanol–water partition coefficient (Wildman–Crippen LogP) is 6.05. The van der Waals surface area contributed by atoms with E-state index in [2.05, 4.69) is 38.0 Å². The quantitative estimate of drug-likeness (QED) is 0.521. The maximum Gasteiger partial charge on any atom is 0.294 e. The molecule has 0 unspecified atom stereocenters. The van der Waals surface area contributed by atoms with Gasteiger partial charge in [0.25, 0.3) is 11.1 Å². The summed E-state index contributed by atoms with van der Waals surface area (Å²) in [5.41, 5.74) is 4.62. The number of nitrogens with one attached hydrogen (secondary N) is 1. The van der Waals surface area contributed by atoms with Gasteiger partial charge in [-0.15, -0.1) is 0 Å². The molecule has 0 aromatic heterocycles. The average Bonchev–Trinajstić information content (AvgIpc) is 3.02. The lowest BCUT2D eigenvalue weighted by Crippen LogP contribution is -2.45. The fourth-order valence-corrected chi connectivity index (χ4v) is 5.52. The van der Waals surface area contributed by atoms with Crippen LogP contribution in [0.1, 0.15) is 49.8 Å². The minimum atomic E-state index is -0.492. The first-order chi connectivity index (χ1) is 16.0. The normalized spacial score (nSPS) is 20.6. The van der Waals surface area contributed by atoms with Crippen LogP contribution in [-0.4, -0.2) is 41.1 Å². The molecule has 3 amide bonds. The van der Waals surface area contributed by atoms with Gasteiger partial charge in [-0.3, -0.25) is 19.3 Å². The number of fused-ring (bicyclic) bond motifs is 1. The Balaban J connectivity index is 1.54. The lowest BCUT2D eigenvalue weighted by Gasteiger charge is -2.45. The van der Waals surface area contributed by atoms with E-state index in [9.17, 15) is 14.4 Å². The van der Waals surface area contributed by atoms with Gasteiger partial charge in [0.05, 0.1) is 4.91 Å². The molecule has 1 N–H and O–H groups in total. The monoisotopic (exact) mass is 497 g/mol. The zero-order valence-corrected chi connectivity index (χ0v) is 21.5. The second kappa shape index (κ2) is 9.12. The molecule has 178 valence electrons. The van der Waals surface area contributed by atoms with E-state index in [1.807, 2.05) is 31.2 Å². The summed E-state index contributed by atoms with van der Waals surface area (Å²) < 4.78 is 0. The second-order valence-corrected chi connectivity index (χ2v) is 11.0. The van der Waals surface area contributed by atoms with Crippen LogP contribution in [0.3, 0.4) is 0 Å². The summed E-state index contributed by atoms with van der Waals surface area (Å²) in [5.74, 6) is -0.598. The molecule has 2 heterocycles. The second-order valence-electron chi connectivity index (χ2n) is 9.59. The molecule has 0 saturated carbocycles. The van der Waals surface area contributed by atoms with Crippen molar-refractivity contribution in [2.75, 3.05) is 23.8 Å². The first-order valence-electron chi connectivity index (χ1n) is 11.2. The van der Waals surface area contributed by atoms with Crippen molar-refractivity contribution < 1.29 is 14.4 Å². The molecule has 6 nitrogen and oxygen atoms in total. The third-order valence-electron chi connectivity index (χ3n) is 6.55. The van der Waals surface area contributed by atoms with E-state index in [0.717, 1.165) is 39.9 Å². The zero-order chi connectivity index (χ0) is 24.8. The summed E-state index contributed by atoms with van der Waals surface area (Å²) >= 11 is 7.42. The summed E-state index contributed by atoms with van der Waals surface area (Å²) in [6.45, 7) is 8.21. The number of nitrogens with zero attached hydrogens (tertiary/aromatic N) is 2. The van der Waals surface area contributed by atoms with Crippen molar-refractivity contribution in [1.29, 1.82) is 0 Å². The van der Waals surface area contributed by atoms with Crippen molar-refractivity contribution in [3.63, 3.8) is 0 Å². The topological polar surface area (TPSA) is 69.7 Å². The highest BCUT2D eigenvalue weighted by Crippen LogP contribution is 2.45. The van der Waals surface area contributed by atoms with Crippen molar-refractivity contribution in [2.24, 2.45) is 0 Å². The number of carbonyl (C=O) groups excluding carboxylic acids is 3. The number of amides is 3. The fraction of sp³-hybridized carbons (Fsp3) is 0.346. The molecule has 0 bridgehead atoms. The van der Waals surface area contributed by atoms with Crippen LogP contribution >= 0.6 is 23.4 Å². The largest absolute Gasteiger partial charge is 0.369 e. The molecule has 2 aromatic rings. The number of rotatable bonds is 4. The third-order valence-corrected chi connectivity index (χ3v) is 7.78. The molecule has 4 rings (SSSR count). The van der Waals surface area contributed by atoms with Crippen molar-refractivity contribution in [3.8, 4) is 0 Å². The van der Waals surface area contributed by atoms with Crippen LogP contribution in [-0.2, 0) is 9.59 Å². The Morgan fingerprint density at radius 1 is 1.24 bits per heavy atom.